The highest BCUT2D eigenvalue weighted by molar-refractivity contribution is 5.99. The molecule has 5 rings (SSSR count). The normalized spacial score (nSPS) is 22.4. The molecule has 0 radical (unpaired) electrons. The molecule has 1 aromatic carbocycles. The van der Waals surface area contributed by atoms with E-state index < -0.39 is 45.7 Å². The number of halogens is 2. The molecule has 1 unspecified atom stereocenters. The van der Waals surface area contributed by atoms with Crippen LogP contribution in [0.2, 0.25) is 0 Å². The summed E-state index contributed by atoms with van der Waals surface area (Å²) in [5, 5.41) is 12.0. The molecule has 1 atom stereocenters. The van der Waals surface area contributed by atoms with Gasteiger partial charge in [-0.1, -0.05) is 5.18 Å². The first-order valence-electron chi connectivity index (χ1n) is 9.45. The number of nitrogens with two attached hydrogens (primary N) is 1. The predicted molar refractivity (Wildman–Crippen MR) is 101 cm³/mol. The van der Waals surface area contributed by atoms with Crippen LogP contribution in [0.5, 0.6) is 0 Å². The SMILES string of the molecule is Nc1c(F)c(N2CC(N=O)C3(CC3)C2)c(F)c2c1c(=O)c(C(=O)O)cn2C1CC1. The fourth-order valence-electron chi connectivity index (χ4n) is 4.54. The van der Waals surface area contributed by atoms with Crippen molar-refractivity contribution >= 4 is 28.2 Å². The van der Waals surface area contributed by atoms with E-state index in [1.165, 1.54) is 9.47 Å². The molecule has 1 aliphatic heterocycles. The molecule has 2 aromatic rings. The van der Waals surface area contributed by atoms with E-state index in [0.717, 1.165) is 19.0 Å². The van der Waals surface area contributed by atoms with E-state index in [1.807, 2.05) is 0 Å². The van der Waals surface area contributed by atoms with Gasteiger partial charge in [-0.25, -0.2) is 13.6 Å². The van der Waals surface area contributed by atoms with Crippen molar-refractivity contribution in [3.05, 3.63) is 38.5 Å². The summed E-state index contributed by atoms with van der Waals surface area (Å²) in [5.74, 6) is -3.56. The van der Waals surface area contributed by atoms with Gasteiger partial charge in [-0.2, -0.15) is 4.91 Å². The van der Waals surface area contributed by atoms with Crippen molar-refractivity contribution in [3.8, 4) is 0 Å². The van der Waals surface area contributed by atoms with Crippen LogP contribution in [0.1, 0.15) is 42.1 Å². The molecule has 152 valence electrons. The van der Waals surface area contributed by atoms with Gasteiger partial charge in [-0.15, -0.1) is 0 Å². The predicted octanol–water partition coefficient (Wildman–Crippen LogP) is 2.63. The Hall–Kier alpha value is -3.04. The average molecular weight is 404 g/mol. The summed E-state index contributed by atoms with van der Waals surface area (Å²) in [7, 11) is 0. The minimum Gasteiger partial charge on any atom is -0.477 e. The van der Waals surface area contributed by atoms with E-state index in [1.54, 1.807) is 0 Å². The molecule has 0 bridgehead atoms. The standard InChI is InChI=1S/C19H18F2N4O4/c20-12-14(22)11-15(25(8-1-2-8)5-9(17(11)26)18(27)28)13(21)16(12)24-6-10(23-29)19(7-24)3-4-19/h5,8,10H,1-4,6-7,22H2,(H,27,28). The third-order valence-electron chi connectivity index (χ3n) is 6.48. The van der Waals surface area contributed by atoms with Crippen LogP contribution in [0.15, 0.2) is 16.2 Å². The molecule has 3 fully saturated rings. The van der Waals surface area contributed by atoms with Crippen LogP contribution >= 0.6 is 0 Å². The van der Waals surface area contributed by atoms with Crippen molar-refractivity contribution in [1.82, 2.24) is 4.57 Å². The minimum atomic E-state index is -1.48. The number of benzene rings is 1. The van der Waals surface area contributed by atoms with E-state index >= 15 is 8.78 Å². The van der Waals surface area contributed by atoms with Crippen LogP contribution in [-0.2, 0) is 0 Å². The second-order valence-corrected chi connectivity index (χ2v) is 8.29. The van der Waals surface area contributed by atoms with Crippen molar-refractivity contribution in [3.63, 3.8) is 0 Å². The fourth-order valence-corrected chi connectivity index (χ4v) is 4.54. The number of aromatic carboxylic acids is 1. The Morgan fingerprint density at radius 3 is 2.48 bits per heavy atom. The molecular formula is C19H18F2N4O4. The second kappa shape index (κ2) is 5.74. The highest BCUT2D eigenvalue weighted by Gasteiger charge is 2.57. The van der Waals surface area contributed by atoms with Gasteiger partial charge in [0.05, 0.1) is 16.6 Å². The molecule has 2 saturated carbocycles. The number of pyridine rings is 1. The summed E-state index contributed by atoms with van der Waals surface area (Å²) < 4.78 is 32.3. The minimum absolute atomic E-state index is 0.0726. The zero-order valence-corrected chi connectivity index (χ0v) is 15.3. The molecule has 1 saturated heterocycles. The number of carboxylic acids is 1. The number of nitrogens with zero attached hydrogens (tertiary/aromatic N) is 3. The summed E-state index contributed by atoms with van der Waals surface area (Å²) in [6, 6.07) is -0.737. The van der Waals surface area contributed by atoms with Crippen LogP contribution in [0.4, 0.5) is 20.2 Å². The summed E-state index contributed by atoms with van der Waals surface area (Å²) in [6.07, 6.45) is 4.01. The van der Waals surface area contributed by atoms with Gasteiger partial charge in [0, 0.05) is 30.7 Å². The van der Waals surface area contributed by atoms with Crippen molar-refractivity contribution in [2.45, 2.75) is 37.8 Å². The fraction of sp³-hybridized carbons (Fsp3) is 0.474. The maximum atomic E-state index is 15.7. The number of anilines is 2. The van der Waals surface area contributed by atoms with Crippen LogP contribution < -0.4 is 16.1 Å². The lowest BCUT2D eigenvalue weighted by atomic mass is 10.0. The third kappa shape index (κ3) is 2.41. The van der Waals surface area contributed by atoms with Crippen molar-refractivity contribution < 1.29 is 18.7 Å². The number of rotatable bonds is 4. The molecule has 3 aliphatic rings. The molecule has 3 N–H and O–H groups in total. The lowest BCUT2D eigenvalue weighted by Gasteiger charge is -2.23. The molecule has 10 heteroatoms. The van der Waals surface area contributed by atoms with Gasteiger partial charge in [0.15, 0.2) is 11.6 Å². The Morgan fingerprint density at radius 1 is 1.28 bits per heavy atom. The number of hydrogen-bond donors (Lipinski definition) is 2. The summed E-state index contributed by atoms with van der Waals surface area (Å²) in [6.45, 7) is 0.353. The Morgan fingerprint density at radius 2 is 1.97 bits per heavy atom. The number of carbonyl (C=O) groups is 1. The van der Waals surface area contributed by atoms with E-state index in [0.29, 0.717) is 12.8 Å². The Labute approximate surface area is 162 Å². The molecule has 1 spiro atoms. The highest BCUT2D eigenvalue weighted by Crippen LogP contribution is 2.55. The Bertz CT molecular complexity index is 1150. The average Bonchev–Trinajstić information content (AvgIpc) is 3.58. The number of hydrogen-bond acceptors (Lipinski definition) is 6. The molecule has 2 aliphatic carbocycles. The van der Waals surface area contributed by atoms with Crippen molar-refractivity contribution in [1.29, 1.82) is 0 Å². The molecule has 2 heterocycles. The molecular weight excluding hydrogens is 386 g/mol. The first kappa shape index (κ1) is 18.0. The number of nitroso groups, excluding NO2 is 1. The smallest absolute Gasteiger partial charge is 0.341 e. The summed E-state index contributed by atoms with van der Waals surface area (Å²) in [5.41, 5.74) is 2.81. The van der Waals surface area contributed by atoms with Gasteiger partial charge in [-0.05, 0) is 25.7 Å². The summed E-state index contributed by atoms with van der Waals surface area (Å²) in [4.78, 5) is 36.8. The van der Waals surface area contributed by atoms with Crippen molar-refractivity contribution in [2.75, 3.05) is 23.7 Å². The zero-order chi connectivity index (χ0) is 20.7. The van der Waals surface area contributed by atoms with E-state index in [2.05, 4.69) is 5.18 Å². The zero-order valence-electron chi connectivity index (χ0n) is 15.3. The van der Waals surface area contributed by atoms with Gasteiger partial charge < -0.3 is 20.3 Å². The lowest BCUT2D eigenvalue weighted by molar-refractivity contribution is 0.0695. The molecule has 29 heavy (non-hydrogen) atoms. The lowest BCUT2D eigenvalue weighted by Crippen LogP contribution is -2.26. The molecule has 1 aromatic heterocycles. The van der Waals surface area contributed by atoms with E-state index in [4.69, 9.17) is 5.73 Å². The number of aromatic nitrogens is 1. The number of carboxylic acid groups (broad SMARTS) is 1. The third-order valence-corrected chi connectivity index (χ3v) is 6.48. The van der Waals surface area contributed by atoms with E-state index in [9.17, 15) is 19.6 Å². The number of fused-ring (bicyclic) bond motifs is 1. The molecule has 0 amide bonds. The van der Waals surface area contributed by atoms with Gasteiger partial charge in [-0.3, -0.25) is 4.79 Å². The maximum Gasteiger partial charge on any atom is 0.341 e. The van der Waals surface area contributed by atoms with Crippen LogP contribution in [0.3, 0.4) is 0 Å². The first-order valence-corrected chi connectivity index (χ1v) is 9.45. The highest BCUT2D eigenvalue weighted by atomic mass is 19.1. The van der Waals surface area contributed by atoms with Gasteiger partial charge in [0.2, 0.25) is 5.43 Å². The van der Waals surface area contributed by atoms with E-state index in [-0.39, 0.29) is 35.8 Å². The maximum absolute atomic E-state index is 15.7. The summed E-state index contributed by atoms with van der Waals surface area (Å²) >= 11 is 0. The van der Waals surface area contributed by atoms with Gasteiger partial charge >= 0.3 is 5.97 Å². The second-order valence-electron chi connectivity index (χ2n) is 8.29. The van der Waals surface area contributed by atoms with Crippen LogP contribution in [0.25, 0.3) is 10.9 Å². The van der Waals surface area contributed by atoms with Gasteiger partial charge in [0.25, 0.3) is 0 Å². The molecule has 8 nitrogen and oxygen atoms in total. The Kier molecular flexibility index (Phi) is 3.57. The monoisotopic (exact) mass is 404 g/mol. The van der Waals surface area contributed by atoms with Crippen LogP contribution in [0, 0.1) is 22.0 Å². The van der Waals surface area contributed by atoms with Gasteiger partial charge in [0.1, 0.15) is 17.3 Å². The topological polar surface area (TPSA) is 118 Å². The largest absolute Gasteiger partial charge is 0.477 e. The van der Waals surface area contributed by atoms with Crippen LogP contribution in [-0.4, -0.2) is 34.8 Å². The Balaban J connectivity index is 1.79. The first-order chi connectivity index (χ1) is 13.8. The quantitative estimate of drug-likeness (QED) is 0.597. The number of nitrogen functional groups attached to an aromatic ring is 1. The van der Waals surface area contributed by atoms with Crippen molar-refractivity contribution in [2.24, 2.45) is 10.6 Å².